The zero-order chi connectivity index (χ0) is 30.3. The Hall–Kier alpha value is -5.44. The van der Waals surface area contributed by atoms with Crippen LogP contribution in [0.1, 0.15) is 31.4 Å². The van der Waals surface area contributed by atoms with Crippen molar-refractivity contribution in [2.24, 2.45) is 5.73 Å². The molecule has 0 atom stereocenters. The molecule has 0 aliphatic heterocycles. The van der Waals surface area contributed by atoms with E-state index in [1.165, 1.54) is 21.7 Å². The zero-order valence-electron chi connectivity index (χ0n) is 22.2. The van der Waals surface area contributed by atoms with Crippen LogP contribution in [0.5, 0.6) is 0 Å². The highest BCUT2D eigenvalue weighted by atomic mass is 32.1. The van der Waals surface area contributed by atoms with Crippen LogP contribution in [0, 0.1) is 6.92 Å². The number of nitrogens with one attached hydrogen (secondary N) is 1. The minimum Gasteiger partial charge on any atom is -0.365 e. The van der Waals surface area contributed by atoms with Crippen LogP contribution in [0.2, 0.25) is 0 Å². The smallest absolute Gasteiger partial charge is 0.365 e. The summed E-state index contributed by atoms with van der Waals surface area (Å²) in [7, 11) is 0. The van der Waals surface area contributed by atoms with Gasteiger partial charge in [-0.15, -0.1) is 26.3 Å². The SMILES string of the molecule is Cc1ccc(-c2cc(C(F)(F)F)nc3sc(C(N)=O)c(NC(=O)c4ccn(Cn5nnc(-c6ccccc6)n5)n4)c23)cc1. The van der Waals surface area contributed by atoms with Crippen LogP contribution >= 0.6 is 11.3 Å². The number of nitrogens with zero attached hydrogens (tertiary/aromatic N) is 7. The second kappa shape index (κ2) is 10.8. The number of hydrogen-bond acceptors (Lipinski definition) is 8. The fourth-order valence-corrected chi connectivity index (χ4v) is 5.38. The Balaban J connectivity index is 1.34. The lowest BCUT2D eigenvalue weighted by Gasteiger charge is -2.12. The Bertz CT molecular complexity index is 1980. The Morgan fingerprint density at radius 1 is 1.00 bits per heavy atom. The number of alkyl halides is 3. The van der Waals surface area contributed by atoms with Crippen molar-refractivity contribution >= 4 is 39.1 Å². The quantitative estimate of drug-likeness (QED) is 0.261. The molecule has 2 aromatic carbocycles. The molecule has 43 heavy (non-hydrogen) atoms. The van der Waals surface area contributed by atoms with E-state index in [9.17, 15) is 22.8 Å². The number of nitrogens with two attached hydrogens (primary N) is 1. The van der Waals surface area contributed by atoms with Gasteiger partial charge in [-0.1, -0.05) is 60.2 Å². The summed E-state index contributed by atoms with van der Waals surface area (Å²) in [4.78, 5) is 30.5. The lowest BCUT2D eigenvalue weighted by atomic mass is 10.00. The fourth-order valence-electron chi connectivity index (χ4n) is 4.37. The summed E-state index contributed by atoms with van der Waals surface area (Å²) in [5.41, 5.74) is 6.62. The minimum absolute atomic E-state index is 0.0325. The van der Waals surface area contributed by atoms with E-state index in [2.05, 4.69) is 30.8 Å². The van der Waals surface area contributed by atoms with Gasteiger partial charge in [-0.3, -0.25) is 9.59 Å². The number of carbonyl (C=O) groups excluding carboxylic acids is 2. The van der Waals surface area contributed by atoms with Gasteiger partial charge in [0.05, 0.1) is 5.69 Å². The largest absolute Gasteiger partial charge is 0.433 e. The maximum absolute atomic E-state index is 13.8. The Labute approximate surface area is 244 Å². The van der Waals surface area contributed by atoms with Crippen molar-refractivity contribution in [3.8, 4) is 22.5 Å². The first-order valence-corrected chi connectivity index (χ1v) is 13.5. The van der Waals surface area contributed by atoms with Crippen molar-refractivity contribution in [1.29, 1.82) is 0 Å². The Morgan fingerprint density at radius 3 is 2.44 bits per heavy atom. The zero-order valence-corrected chi connectivity index (χ0v) is 23.0. The summed E-state index contributed by atoms with van der Waals surface area (Å²) in [6.45, 7) is 1.89. The molecule has 0 radical (unpaired) electrons. The third kappa shape index (κ3) is 5.57. The number of fused-ring (bicyclic) bond motifs is 1. The highest BCUT2D eigenvalue weighted by Gasteiger charge is 2.35. The lowest BCUT2D eigenvalue weighted by molar-refractivity contribution is -0.140. The van der Waals surface area contributed by atoms with Gasteiger partial charge in [0, 0.05) is 17.1 Å². The van der Waals surface area contributed by atoms with Gasteiger partial charge >= 0.3 is 6.18 Å². The molecule has 11 nitrogen and oxygen atoms in total. The van der Waals surface area contributed by atoms with Crippen LogP contribution in [0.4, 0.5) is 18.9 Å². The molecule has 6 aromatic rings. The predicted molar refractivity (Wildman–Crippen MR) is 152 cm³/mol. The van der Waals surface area contributed by atoms with E-state index in [0.29, 0.717) is 22.7 Å². The molecule has 2 amide bonds. The van der Waals surface area contributed by atoms with Gasteiger partial charge in [0.1, 0.15) is 15.4 Å². The van der Waals surface area contributed by atoms with Crippen molar-refractivity contribution in [3.05, 3.63) is 94.8 Å². The first-order chi connectivity index (χ1) is 20.6. The number of tetrazole rings is 1. The molecule has 0 saturated carbocycles. The first-order valence-electron chi connectivity index (χ1n) is 12.7. The lowest BCUT2D eigenvalue weighted by Crippen LogP contribution is -2.18. The highest BCUT2D eigenvalue weighted by Crippen LogP contribution is 2.43. The number of carbonyl (C=O) groups is 2. The summed E-state index contributed by atoms with van der Waals surface area (Å²) in [5, 5.41) is 19.4. The van der Waals surface area contributed by atoms with E-state index < -0.39 is 23.7 Å². The van der Waals surface area contributed by atoms with Gasteiger partial charge in [-0.2, -0.15) is 18.3 Å². The van der Waals surface area contributed by atoms with Gasteiger partial charge < -0.3 is 11.1 Å². The molecule has 0 bridgehead atoms. The predicted octanol–water partition coefficient (Wildman–Crippen LogP) is 5.00. The number of thiophene rings is 1. The molecule has 4 aromatic heterocycles. The van der Waals surface area contributed by atoms with Crippen molar-refractivity contribution < 1.29 is 22.8 Å². The average molecular weight is 604 g/mol. The summed E-state index contributed by atoms with van der Waals surface area (Å²) in [6, 6.07) is 18.4. The first kappa shape index (κ1) is 27.7. The summed E-state index contributed by atoms with van der Waals surface area (Å²) in [6.07, 6.45) is -3.22. The van der Waals surface area contributed by atoms with E-state index in [-0.39, 0.29) is 38.7 Å². The second-order valence-electron chi connectivity index (χ2n) is 9.46. The third-order valence-corrected chi connectivity index (χ3v) is 7.51. The molecule has 216 valence electrons. The fraction of sp³-hybridized carbons (Fsp3) is 0.107. The number of rotatable bonds is 7. The maximum Gasteiger partial charge on any atom is 0.433 e. The van der Waals surface area contributed by atoms with Crippen LogP contribution in [-0.2, 0) is 12.8 Å². The van der Waals surface area contributed by atoms with Crippen molar-refractivity contribution in [2.45, 2.75) is 19.8 Å². The molecular formula is C28H20F3N9O2S. The minimum atomic E-state index is -4.75. The van der Waals surface area contributed by atoms with Crippen LogP contribution in [0.15, 0.2) is 72.9 Å². The molecule has 0 saturated heterocycles. The van der Waals surface area contributed by atoms with Gasteiger partial charge in [0.25, 0.3) is 11.8 Å². The molecule has 0 spiro atoms. The summed E-state index contributed by atoms with van der Waals surface area (Å²) < 4.78 is 42.7. The second-order valence-corrected chi connectivity index (χ2v) is 10.5. The van der Waals surface area contributed by atoms with E-state index in [4.69, 9.17) is 5.73 Å². The number of benzene rings is 2. The number of anilines is 1. The number of pyridine rings is 1. The standard InChI is InChI=1S/C28H20F3N9O2S/c1-15-7-9-16(10-8-15)18-13-20(28(29,30)31)33-27-21(18)22(23(43-27)24(32)41)34-26(42)19-11-12-39(36-19)14-40-37-25(35-38-40)17-5-3-2-4-6-17/h2-13H,14H2,1H3,(H2,32,41)(H,34,42). The van der Waals surface area contributed by atoms with Crippen LogP contribution in [0.3, 0.4) is 0 Å². The Kier molecular flexibility index (Phi) is 6.93. The molecular weight excluding hydrogens is 583 g/mol. The van der Waals surface area contributed by atoms with Gasteiger partial charge in [0.2, 0.25) is 5.82 Å². The molecule has 0 unspecified atom stereocenters. The number of aromatic nitrogens is 7. The van der Waals surface area contributed by atoms with Gasteiger partial charge in [0.15, 0.2) is 12.4 Å². The molecule has 15 heteroatoms. The van der Waals surface area contributed by atoms with E-state index >= 15 is 0 Å². The molecule has 0 fully saturated rings. The average Bonchev–Trinajstić information content (AvgIpc) is 3.73. The topological polar surface area (TPSA) is 146 Å². The van der Waals surface area contributed by atoms with Crippen molar-refractivity contribution in [1.82, 2.24) is 35.0 Å². The van der Waals surface area contributed by atoms with Gasteiger partial charge in [-0.25, -0.2) is 9.67 Å². The van der Waals surface area contributed by atoms with E-state index in [0.717, 1.165) is 17.2 Å². The van der Waals surface area contributed by atoms with Crippen LogP contribution in [0.25, 0.3) is 32.7 Å². The normalized spacial score (nSPS) is 11.6. The molecule has 3 N–H and O–H groups in total. The van der Waals surface area contributed by atoms with Crippen molar-refractivity contribution in [3.63, 3.8) is 0 Å². The Morgan fingerprint density at radius 2 is 1.74 bits per heavy atom. The maximum atomic E-state index is 13.8. The summed E-state index contributed by atoms with van der Waals surface area (Å²) >= 11 is 0.666. The third-order valence-electron chi connectivity index (χ3n) is 6.41. The van der Waals surface area contributed by atoms with E-state index in [1.54, 1.807) is 24.3 Å². The number of amides is 2. The highest BCUT2D eigenvalue weighted by molar-refractivity contribution is 7.21. The number of primary amides is 1. The van der Waals surface area contributed by atoms with Gasteiger partial charge in [-0.05, 0) is 35.4 Å². The monoisotopic (exact) mass is 603 g/mol. The van der Waals surface area contributed by atoms with Crippen molar-refractivity contribution in [2.75, 3.05) is 5.32 Å². The van der Waals surface area contributed by atoms with E-state index in [1.807, 2.05) is 37.3 Å². The molecule has 0 aliphatic carbocycles. The number of halogens is 3. The molecule has 6 rings (SSSR count). The number of aryl methyl sites for hydroxylation is 1. The number of hydrogen-bond donors (Lipinski definition) is 2. The molecule has 4 heterocycles. The summed E-state index contributed by atoms with van der Waals surface area (Å²) in [5.74, 6) is -1.23. The van der Waals surface area contributed by atoms with Crippen LogP contribution < -0.4 is 11.1 Å². The van der Waals surface area contributed by atoms with Crippen LogP contribution in [-0.4, -0.2) is 46.8 Å². The molecule has 0 aliphatic rings.